The van der Waals surface area contributed by atoms with Crippen LogP contribution >= 0.6 is 0 Å². The summed E-state index contributed by atoms with van der Waals surface area (Å²) in [5.74, 6) is -3.76. The van der Waals surface area contributed by atoms with E-state index in [1.165, 1.54) is 0 Å². The third-order valence-corrected chi connectivity index (χ3v) is 28.3. The second-order valence-electron chi connectivity index (χ2n) is 35.0. The fourth-order valence-electron chi connectivity index (χ4n) is 20.9. The van der Waals surface area contributed by atoms with Gasteiger partial charge in [0.1, 0.15) is 42.6 Å². The van der Waals surface area contributed by atoms with Crippen LogP contribution in [0.25, 0.3) is 0 Å². The standard InChI is InChI=1S/C94H120O20/c1-14-74-55(5)54(4)56(6)89(106-74)113-78-60(10)81(114-92-83(112-88(101)66-39-29-20-30-40-66)79(57(7)61(11)104-92)109-85(98)63-33-23-17-24-34-63)91(108-76(78)52-102-84(97)62-31-21-16-22-32-62)105-68-45-47-93(12)67(49-68)42-43-69-70(93)46-48-94(13)71(69)50-73(96)77(94)58(8)72(95)44-41-53(3)51-103-90-82(111-87(100)65-37-27-19-28-38-65)80(59(9)75(15-2)107-90)110-86(99)64-35-25-18-26-36-64/h16-40,53-61,67-71,74-83,89-92H,14-15,41-52H2,1-13H3/t53-,54-,55-,56?,57-,58+,59+,60-,61?,67?,68?,69?,70?,71?,74?,75?,76?,77?,78-,79-,80-,81?,82?,83?,89-,90+,91+,92-,93?,94?/m0/s1. The van der Waals surface area contributed by atoms with Gasteiger partial charge in [-0.05, 0) is 184 Å². The van der Waals surface area contributed by atoms with Gasteiger partial charge in [0, 0.05) is 48.3 Å². The van der Waals surface area contributed by atoms with Crippen LogP contribution in [0.4, 0.5) is 0 Å². The van der Waals surface area contributed by atoms with Crippen molar-refractivity contribution in [3.63, 3.8) is 0 Å². The van der Waals surface area contributed by atoms with E-state index in [-0.39, 0.29) is 113 Å². The molecule has 30 atom stereocenters. The molecule has 20 nitrogen and oxygen atoms in total. The first-order chi connectivity index (χ1) is 54.8. The number of esters is 5. The maximum Gasteiger partial charge on any atom is 0.338 e. The summed E-state index contributed by atoms with van der Waals surface area (Å²) in [6, 6.07) is 43.5. The zero-order chi connectivity index (χ0) is 80.9. The van der Waals surface area contributed by atoms with Crippen molar-refractivity contribution < 1.29 is 95.1 Å². The number of carbonyl (C=O) groups excluding carboxylic acids is 7. The highest BCUT2D eigenvalue weighted by atomic mass is 16.8. The fourth-order valence-corrected chi connectivity index (χ4v) is 20.9. The second kappa shape index (κ2) is 37.0. The van der Waals surface area contributed by atoms with Crippen molar-refractivity contribution in [1.82, 2.24) is 0 Å². The zero-order valence-corrected chi connectivity index (χ0v) is 68.7. The molecule has 16 unspecified atom stereocenters. The predicted octanol–water partition coefficient (Wildman–Crippen LogP) is 16.9. The van der Waals surface area contributed by atoms with Gasteiger partial charge in [0.15, 0.2) is 37.4 Å². The molecule has 0 radical (unpaired) electrons. The minimum absolute atomic E-state index is 0.0497. The Hall–Kier alpha value is -7.53. The predicted molar refractivity (Wildman–Crippen MR) is 424 cm³/mol. The number of ether oxygens (including phenoxy) is 13. The van der Waals surface area contributed by atoms with E-state index in [4.69, 9.17) is 61.6 Å². The molecule has 0 bridgehead atoms. The fraction of sp³-hybridized carbons (Fsp3) is 0.606. The molecule has 20 heteroatoms. The Bertz CT molecular complexity index is 4050. The SMILES string of the molecule is CCC1O[C@@H](O[C@@H]2C(COC(=O)c3ccccc3)O[C@@H](OC3CCC4(C)C(CCC5C4CCC4(C)C5CC(=O)C4[C@H](C)C(=O)CC[C@H](C)CO[C@@H]4OC(CC)[C@@H](C)[C@H](OC(=O)c5ccccc5)C4OC(=O)c4ccccc4)C3)C(O[C@@H]3OC(C)[C@H](C)[C@H](OC(=O)c4ccccc4)C3OC(=O)c3ccccc3)[C@H]2C)C(C)[C@@H](C)[C@@H]1C. The quantitative estimate of drug-likeness (QED) is 0.0270. The van der Waals surface area contributed by atoms with Gasteiger partial charge in [-0.25, -0.2) is 24.0 Å². The molecular weight excluding hydrogens is 1450 g/mol. The van der Waals surface area contributed by atoms with Crippen molar-refractivity contribution in [3.05, 3.63) is 179 Å². The largest absolute Gasteiger partial charge is 0.459 e. The summed E-state index contributed by atoms with van der Waals surface area (Å²) >= 11 is 0. The molecule has 4 saturated carbocycles. The summed E-state index contributed by atoms with van der Waals surface area (Å²) < 4.78 is 87.9. The number of fused-ring (bicyclic) bond motifs is 5. The molecule has 13 rings (SSSR count). The summed E-state index contributed by atoms with van der Waals surface area (Å²) in [6.07, 6.45) is -4.22. The van der Waals surface area contributed by atoms with Gasteiger partial charge >= 0.3 is 29.8 Å². The van der Waals surface area contributed by atoms with Crippen molar-refractivity contribution in [2.45, 2.75) is 259 Å². The highest BCUT2D eigenvalue weighted by Gasteiger charge is 2.65. The van der Waals surface area contributed by atoms with E-state index in [1.807, 2.05) is 78.8 Å². The molecule has 5 aromatic carbocycles. The molecule has 616 valence electrons. The van der Waals surface area contributed by atoms with Crippen LogP contribution in [0.5, 0.6) is 0 Å². The van der Waals surface area contributed by atoms with Crippen LogP contribution in [0.1, 0.15) is 219 Å². The third kappa shape index (κ3) is 18.1. The summed E-state index contributed by atoms with van der Waals surface area (Å²) in [5, 5.41) is 0. The number of hydrogen-bond acceptors (Lipinski definition) is 20. The normalized spacial score (nSPS) is 37.1. The summed E-state index contributed by atoms with van der Waals surface area (Å²) in [7, 11) is 0. The maximum absolute atomic E-state index is 14.8. The first-order valence-electron chi connectivity index (χ1n) is 42.3. The molecule has 4 aliphatic carbocycles. The first kappa shape index (κ1) is 84.4. The van der Waals surface area contributed by atoms with E-state index >= 15 is 0 Å². The molecule has 8 aliphatic rings. The first-order valence-corrected chi connectivity index (χ1v) is 42.3. The number of hydrogen-bond donors (Lipinski definition) is 0. The minimum Gasteiger partial charge on any atom is -0.459 e. The lowest BCUT2D eigenvalue weighted by Crippen LogP contribution is -2.63. The number of carbonyl (C=O) groups is 7. The van der Waals surface area contributed by atoms with Crippen LogP contribution in [-0.2, 0) is 71.2 Å². The van der Waals surface area contributed by atoms with E-state index in [0.29, 0.717) is 53.9 Å². The van der Waals surface area contributed by atoms with Gasteiger partial charge in [-0.3, -0.25) is 9.59 Å². The minimum atomic E-state index is -1.34. The lowest BCUT2D eigenvalue weighted by molar-refractivity contribution is -0.376. The van der Waals surface area contributed by atoms with Gasteiger partial charge in [-0.15, -0.1) is 0 Å². The molecule has 0 aromatic heterocycles. The van der Waals surface area contributed by atoms with Gasteiger partial charge in [0.05, 0.1) is 64.9 Å². The Morgan fingerprint density at radius 2 is 0.912 bits per heavy atom. The maximum atomic E-state index is 14.8. The highest BCUT2D eigenvalue weighted by Crippen LogP contribution is 2.68. The van der Waals surface area contributed by atoms with E-state index in [0.717, 1.165) is 44.9 Å². The van der Waals surface area contributed by atoms with Gasteiger partial charge in [-0.1, -0.05) is 174 Å². The number of rotatable bonds is 27. The molecule has 0 spiro atoms. The van der Waals surface area contributed by atoms with Gasteiger partial charge in [0.2, 0.25) is 0 Å². The molecule has 4 saturated heterocycles. The molecule has 114 heavy (non-hydrogen) atoms. The summed E-state index contributed by atoms with van der Waals surface area (Å²) in [6.45, 7) is 27.1. The average molecular weight is 1570 g/mol. The van der Waals surface area contributed by atoms with Gasteiger partial charge in [0.25, 0.3) is 0 Å². The Morgan fingerprint density at radius 1 is 0.447 bits per heavy atom. The van der Waals surface area contributed by atoms with Crippen LogP contribution in [-0.4, -0.2) is 147 Å². The molecule has 0 amide bonds. The smallest absolute Gasteiger partial charge is 0.338 e. The molecule has 4 aliphatic heterocycles. The van der Waals surface area contributed by atoms with E-state index in [2.05, 4.69) is 41.5 Å². The van der Waals surface area contributed by atoms with Crippen molar-refractivity contribution in [2.24, 2.45) is 87.8 Å². The Labute approximate surface area is 673 Å². The zero-order valence-electron chi connectivity index (χ0n) is 68.7. The van der Waals surface area contributed by atoms with Crippen LogP contribution < -0.4 is 0 Å². The summed E-state index contributed by atoms with van der Waals surface area (Å²) in [5.41, 5.74) is 1.23. The second-order valence-corrected chi connectivity index (χ2v) is 35.0. The van der Waals surface area contributed by atoms with Crippen molar-refractivity contribution >= 4 is 41.4 Å². The molecule has 4 heterocycles. The Kier molecular flexibility index (Phi) is 27.4. The number of ketones is 2. The third-order valence-electron chi connectivity index (χ3n) is 28.3. The highest BCUT2D eigenvalue weighted by molar-refractivity contribution is 5.93. The summed E-state index contributed by atoms with van der Waals surface area (Å²) in [4.78, 5) is 99.6. The number of benzene rings is 5. The lowest BCUT2D eigenvalue weighted by Gasteiger charge is -2.61. The van der Waals surface area contributed by atoms with Crippen LogP contribution in [0.15, 0.2) is 152 Å². The van der Waals surface area contributed by atoms with E-state index in [9.17, 15) is 33.6 Å². The van der Waals surface area contributed by atoms with E-state index < -0.39 is 128 Å². The van der Waals surface area contributed by atoms with Crippen molar-refractivity contribution in [3.8, 4) is 0 Å². The van der Waals surface area contributed by atoms with Gasteiger partial charge in [-0.2, -0.15) is 0 Å². The monoisotopic (exact) mass is 1570 g/mol. The Balaban J connectivity index is 0.710. The van der Waals surface area contributed by atoms with Crippen LogP contribution in [0.2, 0.25) is 0 Å². The molecule has 8 fully saturated rings. The van der Waals surface area contributed by atoms with Crippen molar-refractivity contribution in [1.29, 1.82) is 0 Å². The number of Topliss-reactive ketones (excluding diaryl/α,β-unsaturated/α-hetero) is 2. The lowest BCUT2D eigenvalue weighted by atomic mass is 9.44. The average Bonchev–Trinajstić information content (AvgIpc) is 1.22. The van der Waals surface area contributed by atoms with Crippen LogP contribution in [0.3, 0.4) is 0 Å². The van der Waals surface area contributed by atoms with Crippen LogP contribution in [0, 0.1) is 87.8 Å². The molecular formula is C94H120O20. The molecule has 5 aromatic rings. The van der Waals surface area contributed by atoms with E-state index in [1.54, 1.807) is 121 Å². The van der Waals surface area contributed by atoms with Crippen molar-refractivity contribution in [2.75, 3.05) is 13.2 Å². The molecule has 0 N–H and O–H groups in total. The Morgan fingerprint density at radius 3 is 1.46 bits per heavy atom. The topological polar surface area (TPSA) is 239 Å². The van der Waals surface area contributed by atoms with Gasteiger partial charge < -0.3 is 61.6 Å².